The van der Waals surface area contributed by atoms with Crippen molar-refractivity contribution in [1.29, 1.82) is 0 Å². The van der Waals surface area contributed by atoms with Crippen LogP contribution in [0.5, 0.6) is 0 Å². The summed E-state index contributed by atoms with van der Waals surface area (Å²) < 4.78 is 1.88. The molecule has 0 aliphatic rings. The number of hydrogen-bond acceptors (Lipinski definition) is 1. The van der Waals surface area contributed by atoms with E-state index >= 15 is 0 Å². The minimum absolute atomic E-state index is 0.0389. The van der Waals surface area contributed by atoms with E-state index in [0.717, 1.165) is 20.1 Å². The first kappa shape index (κ1) is 15.3. The molecule has 0 aromatic heterocycles. The average molecular weight is 397 g/mol. The monoisotopic (exact) mass is 395 g/mol. The summed E-state index contributed by atoms with van der Waals surface area (Å²) in [6, 6.07) is 13.6. The smallest absolute Gasteiger partial charge is 0.252 e. The van der Waals surface area contributed by atoms with E-state index in [1.54, 1.807) is 0 Å². The normalized spacial score (nSPS) is 12.0. The first-order chi connectivity index (χ1) is 9.49. The van der Waals surface area contributed by atoms with E-state index in [-0.39, 0.29) is 11.9 Å². The topological polar surface area (TPSA) is 29.1 Å². The van der Waals surface area contributed by atoms with Crippen molar-refractivity contribution in [2.24, 2.45) is 0 Å². The van der Waals surface area contributed by atoms with Crippen LogP contribution in [-0.2, 0) is 0 Å². The summed E-state index contributed by atoms with van der Waals surface area (Å²) in [5, 5.41) is 3.02. The summed E-state index contributed by atoms with van der Waals surface area (Å²) in [5.41, 5.74) is 2.79. The lowest BCUT2D eigenvalue weighted by Crippen LogP contribution is -2.27. The highest BCUT2D eigenvalue weighted by Gasteiger charge is 2.14. The molecule has 2 nitrogen and oxygen atoms in total. The van der Waals surface area contributed by atoms with Crippen molar-refractivity contribution in [3.05, 3.63) is 68.1 Å². The maximum atomic E-state index is 12.3. The summed E-state index contributed by atoms with van der Waals surface area (Å²) >= 11 is 6.88. The van der Waals surface area contributed by atoms with Gasteiger partial charge < -0.3 is 5.32 Å². The molecule has 0 aliphatic heterocycles. The maximum absolute atomic E-state index is 12.3. The van der Waals surface area contributed by atoms with E-state index in [0.29, 0.717) is 5.56 Å². The van der Waals surface area contributed by atoms with E-state index in [9.17, 15) is 4.79 Å². The summed E-state index contributed by atoms with van der Waals surface area (Å²) in [5.74, 6) is -0.0732. The van der Waals surface area contributed by atoms with Gasteiger partial charge in [0, 0.05) is 8.95 Å². The summed E-state index contributed by atoms with van der Waals surface area (Å²) in [6.07, 6.45) is 0. The Bertz CT molecular complexity index is 623. The number of aryl methyl sites for hydroxylation is 1. The molecule has 1 amide bonds. The van der Waals surface area contributed by atoms with Gasteiger partial charge in [0.2, 0.25) is 0 Å². The molecular formula is C16H15Br2NO. The minimum atomic E-state index is -0.0732. The van der Waals surface area contributed by atoms with Crippen LogP contribution in [0.1, 0.15) is 34.5 Å². The predicted octanol–water partition coefficient (Wildman–Crippen LogP) is 5.01. The van der Waals surface area contributed by atoms with E-state index in [2.05, 4.69) is 37.2 Å². The highest BCUT2D eigenvalue weighted by atomic mass is 79.9. The molecule has 20 heavy (non-hydrogen) atoms. The van der Waals surface area contributed by atoms with Gasteiger partial charge in [-0.2, -0.15) is 0 Å². The molecule has 0 bridgehead atoms. The number of nitrogens with one attached hydrogen (secondary N) is 1. The van der Waals surface area contributed by atoms with Gasteiger partial charge in [0.1, 0.15) is 0 Å². The van der Waals surface area contributed by atoms with Crippen molar-refractivity contribution in [3.63, 3.8) is 0 Å². The highest BCUT2D eigenvalue weighted by molar-refractivity contribution is 9.10. The Morgan fingerprint density at radius 2 is 1.75 bits per heavy atom. The second kappa shape index (κ2) is 6.55. The standard InChI is InChI=1S/C16H15Br2NO/c1-10-4-3-5-14(15(10)18)16(20)19-11(2)12-6-8-13(17)9-7-12/h3-9,11H,1-2H3,(H,19,20)/t11-/m1/s1. The minimum Gasteiger partial charge on any atom is -0.345 e. The molecule has 0 fully saturated rings. The molecule has 0 saturated heterocycles. The lowest BCUT2D eigenvalue weighted by atomic mass is 10.1. The molecule has 1 N–H and O–H groups in total. The second-order valence-corrected chi connectivity index (χ2v) is 6.39. The van der Waals surface area contributed by atoms with Gasteiger partial charge in [-0.1, -0.05) is 40.2 Å². The Labute approximate surface area is 135 Å². The molecule has 4 heteroatoms. The fourth-order valence-corrected chi connectivity index (χ4v) is 2.64. The van der Waals surface area contributed by atoms with Gasteiger partial charge in [0.15, 0.2) is 0 Å². The van der Waals surface area contributed by atoms with Crippen LogP contribution < -0.4 is 5.32 Å². The van der Waals surface area contributed by atoms with Gasteiger partial charge in [-0.05, 0) is 59.1 Å². The van der Waals surface area contributed by atoms with Crippen LogP contribution in [0.15, 0.2) is 51.4 Å². The molecule has 1 atom stereocenters. The van der Waals surface area contributed by atoms with Crippen molar-refractivity contribution >= 4 is 37.8 Å². The Balaban J connectivity index is 2.15. The van der Waals surface area contributed by atoms with E-state index < -0.39 is 0 Å². The number of carbonyl (C=O) groups is 1. The fraction of sp³-hybridized carbons (Fsp3) is 0.188. The number of carbonyl (C=O) groups excluding carboxylic acids is 1. The summed E-state index contributed by atoms with van der Waals surface area (Å²) in [6.45, 7) is 3.95. The van der Waals surface area contributed by atoms with E-state index in [1.165, 1.54) is 0 Å². The largest absolute Gasteiger partial charge is 0.345 e. The summed E-state index contributed by atoms with van der Waals surface area (Å²) in [7, 11) is 0. The zero-order valence-corrected chi connectivity index (χ0v) is 14.5. The zero-order valence-electron chi connectivity index (χ0n) is 11.3. The molecular weight excluding hydrogens is 382 g/mol. The van der Waals surface area contributed by atoms with Gasteiger partial charge in [-0.3, -0.25) is 4.79 Å². The first-order valence-corrected chi connectivity index (χ1v) is 7.89. The van der Waals surface area contributed by atoms with Gasteiger partial charge in [0.05, 0.1) is 11.6 Å². The van der Waals surface area contributed by atoms with Crippen LogP contribution in [0.3, 0.4) is 0 Å². The Hall–Kier alpha value is -1.13. The Kier molecular flexibility index (Phi) is 5.00. The van der Waals surface area contributed by atoms with Gasteiger partial charge in [0.25, 0.3) is 5.91 Å². The van der Waals surface area contributed by atoms with E-state index in [4.69, 9.17) is 0 Å². The van der Waals surface area contributed by atoms with Crippen molar-refractivity contribution in [2.45, 2.75) is 19.9 Å². The van der Waals surface area contributed by atoms with Crippen LogP contribution >= 0.6 is 31.9 Å². The number of benzene rings is 2. The maximum Gasteiger partial charge on any atom is 0.252 e. The zero-order chi connectivity index (χ0) is 14.7. The van der Waals surface area contributed by atoms with Gasteiger partial charge in [-0.15, -0.1) is 0 Å². The van der Waals surface area contributed by atoms with Crippen molar-refractivity contribution < 1.29 is 4.79 Å². The molecule has 0 radical (unpaired) electrons. The molecule has 104 valence electrons. The molecule has 2 aromatic carbocycles. The third kappa shape index (κ3) is 3.49. The molecule has 2 aromatic rings. The number of rotatable bonds is 3. The SMILES string of the molecule is Cc1cccc(C(=O)N[C@H](C)c2ccc(Br)cc2)c1Br. The first-order valence-electron chi connectivity index (χ1n) is 6.30. The molecule has 0 saturated carbocycles. The number of amides is 1. The van der Waals surface area contributed by atoms with Crippen LogP contribution in [0.25, 0.3) is 0 Å². The van der Waals surface area contributed by atoms with Crippen molar-refractivity contribution in [1.82, 2.24) is 5.32 Å². The fourth-order valence-electron chi connectivity index (χ4n) is 1.93. The van der Waals surface area contributed by atoms with Gasteiger partial charge in [-0.25, -0.2) is 0 Å². The predicted molar refractivity (Wildman–Crippen MR) is 88.9 cm³/mol. The molecule has 0 spiro atoms. The van der Waals surface area contributed by atoms with Crippen molar-refractivity contribution in [3.8, 4) is 0 Å². The second-order valence-electron chi connectivity index (χ2n) is 4.68. The van der Waals surface area contributed by atoms with Crippen LogP contribution in [0.2, 0.25) is 0 Å². The van der Waals surface area contributed by atoms with Crippen molar-refractivity contribution in [2.75, 3.05) is 0 Å². The lowest BCUT2D eigenvalue weighted by Gasteiger charge is -2.15. The quantitative estimate of drug-likeness (QED) is 0.775. The highest BCUT2D eigenvalue weighted by Crippen LogP contribution is 2.22. The Morgan fingerprint density at radius 3 is 2.40 bits per heavy atom. The lowest BCUT2D eigenvalue weighted by molar-refractivity contribution is 0.0939. The number of hydrogen-bond donors (Lipinski definition) is 1. The van der Waals surface area contributed by atoms with Crippen LogP contribution in [0.4, 0.5) is 0 Å². The molecule has 2 rings (SSSR count). The Morgan fingerprint density at radius 1 is 1.10 bits per heavy atom. The van der Waals surface area contributed by atoms with E-state index in [1.807, 2.05) is 56.3 Å². The van der Waals surface area contributed by atoms with Crippen LogP contribution in [0, 0.1) is 6.92 Å². The molecule has 0 unspecified atom stereocenters. The molecule has 0 heterocycles. The summed E-state index contributed by atoms with van der Waals surface area (Å²) in [4.78, 5) is 12.3. The third-order valence-corrected chi connectivity index (χ3v) is 4.74. The van der Waals surface area contributed by atoms with Gasteiger partial charge >= 0.3 is 0 Å². The average Bonchev–Trinajstić information content (AvgIpc) is 2.42. The number of halogens is 2. The van der Waals surface area contributed by atoms with Crippen LogP contribution in [-0.4, -0.2) is 5.91 Å². The third-order valence-electron chi connectivity index (χ3n) is 3.15. The molecule has 0 aliphatic carbocycles.